The van der Waals surface area contributed by atoms with Crippen LogP contribution in [0.25, 0.3) is 6.08 Å². The van der Waals surface area contributed by atoms with Crippen molar-refractivity contribution < 1.29 is 22.7 Å². The number of methoxy groups -OCH3 is 1. The van der Waals surface area contributed by atoms with Gasteiger partial charge in [-0.05, 0) is 43.7 Å². The maximum Gasteiger partial charge on any atom is 0.406 e. The number of benzene rings is 1. The molecule has 0 atom stereocenters. The topological polar surface area (TPSA) is 55.0 Å². The van der Waals surface area contributed by atoms with E-state index in [4.69, 9.17) is 4.74 Å². The fourth-order valence-electron chi connectivity index (χ4n) is 2.61. The molecule has 1 aromatic carbocycles. The summed E-state index contributed by atoms with van der Waals surface area (Å²) < 4.78 is 44.2. The third-order valence-corrected chi connectivity index (χ3v) is 3.95. The Morgan fingerprint density at radius 1 is 1.27 bits per heavy atom. The van der Waals surface area contributed by atoms with Crippen LogP contribution in [-0.2, 0) is 6.54 Å². The van der Waals surface area contributed by atoms with Gasteiger partial charge in [-0.1, -0.05) is 12.1 Å². The van der Waals surface area contributed by atoms with Crippen LogP contribution in [0.5, 0.6) is 5.75 Å². The Morgan fingerprint density at radius 3 is 2.38 bits per heavy atom. The molecule has 1 heterocycles. The van der Waals surface area contributed by atoms with Crippen molar-refractivity contribution in [1.29, 1.82) is 5.26 Å². The lowest BCUT2D eigenvalue weighted by molar-refractivity contribution is -0.141. The van der Waals surface area contributed by atoms with Crippen molar-refractivity contribution in [2.24, 2.45) is 0 Å². The first-order valence-corrected chi connectivity index (χ1v) is 7.70. The lowest BCUT2D eigenvalue weighted by atomic mass is 10.0. The van der Waals surface area contributed by atoms with Gasteiger partial charge in [0.25, 0.3) is 0 Å². The van der Waals surface area contributed by atoms with E-state index in [1.54, 1.807) is 24.3 Å². The second-order valence-electron chi connectivity index (χ2n) is 5.76. The van der Waals surface area contributed by atoms with E-state index in [1.165, 1.54) is 33.1 Å². The summed E-state index contributed by atoms with van der Waals surface area (Å²) in [4.78, 5) is 12.6. The normalized spacial score (nSPS) is 12.0. The van der Waals surface area contributed by atoms with Crippen molar-refractivity contribution >= 4 is 11.9 Å². The predicted octanol–water partition coefficient (Wildman–Crippen LogP) is 4.47. The second-order valence-corrected chi connectivity index (χ2v) is 5.76. The average molecular weight is 362 g/mol. The molecule has 0 aliphatic carbocycles. The van der Waals surface area contributed by atoms with Gasteiger partial charge in [0.2, 0.25) is 5.78 Å². The summed E-state index contributed by atoms with van der Waals surface area (Å²) in [6.07, 6.45) is -3.00. The molecule has 0 aliphatic heterocycles. The number of aromatic nitrogens is 1. The predicted molar refractivity (Wildman–Crippen MR) is 90.9 cm³/mol. The van der Waals surface area contributed by atoms with Crippen molar-refractivity contribution in [3.63, 3.8) is 0 Å². The summed E-state index contributed by atoms with van der Waals surface area (Å²) in [5, 5.41) is 9.32. The highest BCUT2D eigenvalue weighted by Crippen LogP contribution is 2.25. The number of rotatable bonds is 5. The number of ether oxygens (including phenoxy) is 1. The van der Waals surface area contributed by atoms with Crippen LogP contribution in [0, 0.1) is 25.2 Å². The van der Waals surface area contributed by atoms with Crippen LogP contribution in [0.15, 0.2) is 35.9 Å². The Labute approximate surface area is 149 Å². The molecule has 2 aromatic rings. The highest BCUT2D eigenvalue weighted by Gasteiger charge is 2.30. The molecule has 4 nitrogen and oxygen atoms in total. The van der Waals surface area contributed by atoms with Gasteiger partial charge in [-0.15, -0.1) is 0 Å². The molecular formula is C19H17F3N2O2. The standard InChI is InChI=1S/C19H17F3N2O2/c1-12-8-17(13(2)24(12)11-19(20,21)22)18(25)15(10-23)9-14-4-6-16(26-3)7-5-14/h4-9H,11H2,1-3H3/b15-9+. The lowest BCUT2D eigenvalue weighted by Crippen LogP contribution is -2.19. The molecule has 0 aliphatic rings. The van der Waals surface area contributed by atoms with E-state index in [-0.39, 0.29) is 16.8 Å². The quantitative estimate of drug-likeness (QED) is 0.448. The molecule has 0 unspecified atom stereocenters. The van der Waals surface area contributed by atoms with Crippen LogP contribution in [-0.4, -0.2) is 23.6 Å². The number of aryl methyl sites for hydroxylation is 1. The fourth-order valence-corrected chi connectivity index (χ4v) is 2.61. The second kappa shape index (κ2) is 7.48. The Hall–Kier alpha value is -3.01. The molecule has 0 saturated heterocycles. The van der Waals surface area contributed by atoms with E-state index in [1.807, 2.05) is 6.07 Å². The molecule has 0 saturated carbocycles. The summed E-state index contributed by atoms with van der Waals surface area (Å²) in [7, 11) is 1.52. The van der Waals surface area contributed by atoms with Crippen LogP contribution in [0.3, 0.4) is 0 Å². The Balaban J connectivity index is 2.38. The van der Waals surface area contributed by atoms with Crippen LogP contribution in [0.2, 0.25) is 0 Å². The van der Waals surface area contributed by atoms with E-state index < -0.39 is 18.5 Å². The molecule has 1 aromatic heterocycles. The molecule has 7 heteroatoms. The third-order valence-electron chi connectivity index (χ3n) is 3.95. The lowest BCUT2D eigenvalue weighted by Gasteiger charge is -2.12. The summed E-state index contributed by atoms with van der Waals surface area (Å²) in [5.41, 5.74) is 1.04. The SMILES string of the molecule is COc1ccc(/C=C(\C#N)C(=O)c2cc(C)n(CC(F)(F)F)c2C)cc1. The van der Waals surface area contributed by atoms with Gasteiger partial charge in [-0.3, -0.25) is 4.79 Å². The molecule has 26 heavy (non-hydrogen) atoms. The van der Waals surface area contributed by atoms with Crippen LogP contribution >= 0.6 is 0 Å². The van der Waals surface area contributed by atoms with Crippen molar-refractivity contribution in [3.05, 3.63) is 58.4 Å². The van der Waals surface area contributed by atoms with Crippen molar-refractivity contribution in [2.45, 2.75) is 26.6 Å². The molecule has 0 fully saturated rings. The van der Waals surface area contributed by atoms with E-state index >= 15 is 0 Å². The number of alkyl halides is 3. The highest BCUT2D eigenvalue weighted by molar-refractivity contribution is 6.14. The molecule has 0 spiro atoms. The third kappa shape index (κ3) is 4.33. The van der Waals surface area contributed by atoms with Gasteiger partial charge in [-0.25, -0.2) is 0 Å². The van der Waals surface area contributed by atoms with Crippen LogP contribution in [0.4, 0.5) is 13.2 Å². The Bertz CT molecular complexity index is 885. The number of hydrogen-bond acceptors (Lipinski definition) is 3. The smallest absolute Gasteiger partial charge is 0.406 e. The van der Waals surface area contributed by atoms with E-state index in [0.29, 0.717) is 17.0 Å². The van der Waals surface area contributed by atoms with Gasteiger partial charge in [0, 0.05) is 17.0 Å². The monoisotopic (exact) mass is 362 g/mol. The minimum absolute atomic E-state index is 0.0908. The van der Waals surface area contributed by atoms with E-state index in [9.17, 15) is 23.2 Å². The highest BCUT2D eigenvalue weighted by atomic mass is 19.4. The number of halogens is 3. The van der Waals surface area contributed by atoms with Gasteiger partial charge in [-0.2, -0.15) is 18.4 Å². The molecule has 2 rings (SSSR count). The largest absolute Gasteiger partial charge is 0.497 e. The summed E-state index contributed by atoms with van der Waals surface area (Å²) in [5.74, 6) is 0.0209. The Morgan fingerprint density at radius 2 is 1.88 bits per heavy atom. The molecule has 136 valence electrons. The summed E-state index contributed by atoms with van der Waals surface area (Å²) in [6.45, 7) is 1.76. The zero-order chi connectivity index (χ0) is 19.5. The number of hydrogen-bond donors (Lipinski definition) is 0. The van der Waals surface area contributed by atoms with Gasteiger partial charge in [0.15, 0.2) is 0 Å². The fraction of sp³-hybridized carbons (Fsp3) is 0.263. The van der Waals surface area contributed by atoms with E-state index in [0.717, 1.165) is 4.57 Å². The van der Waals surface area contributed by atoms with Gasteiger partial charge < -0.3 is 9.30 Å². The number of nitriles is 1. The number of carbonyl (C=O) groups excluding carboxylic acids is 1. The maximum absolute atomic E-state index is 12.7. The number of carbonyl (C=O) groups is 1. The zero-order valence-electron chi connectivity index (χ0n) is 14.5. The van der Waals surface area contributed by atoms with Gasteiger partial charge in [0.1, 0.15) is 23.9 Å². The molecule has 0 bridgehead atoms. The first kappa shape index (κ1) is 19.3. The zero-order valence-corrected chi connectivity index (χ0v) is 14.5. The first-order valence-electron chi connectivity index (χ1n) is 7.70. The number of ketones is 1. The molecule has 0 amide bonds. The summed E-state index contributed by atoms with van der Waals surface area (Å²) in [6, 6.07) is 9.92. The van der Waals surface area contributed by atoms with Crippen molar-refractivity contribution in [3.8, 4) is 11.8 Å². The van der Waals surface area contributed by atoms with Crippen molar-refractivity contribution in [1.82, 2.24) is 4.57 Å². The number of Topliss-reactive ketones (excluding diaryl/α,β-unsaturated/α-hetero) is 1. The molecular weight excluding hydrogens is 345 g/mol. The molecule has 0 radical (unpaired) electrons. The van der Waals surface area contributed by atoms with Crippen molar-refractivity contribution in [2.75, 3.05) is 7.11 Å². The number of nitrogens with zero attached hydrogens (tertiary/aromatic N) is 2. The average Bonchev–Trinajstić information content (AvgIpc) is 2.86. The van der Waals surface area contributed by atoms with Crippen LogP contribution in [0.1, 0.15) is 27.3 Å². The van der Waals surface area contributed by atoms with Gasteiger partial charge in [0.05, 0.1) is 7.11 Å². The minimum atomic E-state index is -4.40. The van der Waals surface area contributed by atoms with Crippen LogP contribution < -0.4 is 4.74 Å². The van der Waals surface area contributed by atoms with E-state index in [2.05, 4.69) is 0 Å². The number of allylic oxidation sites excluding steroid dienone is 1. The minimum Gasteiger partial charge on any atom is -0.497 e. The Kier molecular flexibility index (Phi) is 5.56. The molecule has 0 N–H and O–H groups in total. The first-order chi connectivity index (χ1) is 12.2. The summed E-state index contributed by atoms with van der Waals surface area (Å²) >= 11 is 0. The van der Waals surface area contributed by atoms with Gasteiger partial charge >= 0.3 is 6.18 Å². The maximum atomic E-state index is 12.7.